The van der Waals surface area contributed by atoms with E-state index in [1.54, 1.807) is 0 Å². The first kappa shape index (κ1) is 10.9. The second-order valence-electron chi connectivity index (χ2n) is 2.46. The number of rotatable bonds is 3. The van der Waals surface area contributed by atoms with E-state index in [1.165, 1.54) is 21.0 Å². The average Bonchev–Trinajstić information content (AvgIpc) is 1.98. The van der Waals surface area contributed by atoms with Crippen LogP contribution >= 0.6 is 0 Å². The van der Waals surface area contributed by atoms with Crippen LogP contribution in [-0.2, 0) is 9.53 Å². The van der Waals surface area contributed by atoms with Gasteiger partial charge in [-0.25, -0.2) is 4.79 Å². The minimum atomic E-state index is -0.915. The number of methoxy groups -OCH3 is 1. The van der Waals surface area contributed by atoms with E-state index < -0.39 is 18.2 Å². The van der Waals surface area contributed by atoms with Gasteiger partial charge < -0.3 is 15.2 Å². The maximum atomic E-state index is 10.8. The van der Waals surface area contributed by atoms with E-state index in [0.29, 0.717) is 0 Å². The van der Waals surface area contributed by atoms with E-state index in [1.807, 2.05) is 0 Å². The van der Waals surface area contributed by atoms with Crippen LogP contribution in [0.2, 0.25) is 0 Å². The summed E-state index contributed by atoms with van der Waals surface area (Å²) in [6.07, 6.45) is -1.64. The summed E-state index contributed by atoms with van der Waals surface area (Å²) in [5, 5.41) is 11.2. The molecular weight excluding hydrogens is 162 g/mol. The van der Waals surface area contributed by atoms with Gasteiger partial charge in [0.1, 0.15) is 6.04 Å². The smallest absolute Gasteiger partial charge is 0.407 e. The highest BCUT2D eigenvalue weighted by Gasteiger charge is 2.21. The maximum Gasteiger partial charge on any atom is 0.407 e. The summed E-state index contributed by atoms with van der Waals surface area (Å²) < 4.78 is 4.27. The fraction of sp³-hybridized carbons (Fsp3) is 0.714. The van der Waals surface area contributed by atoms with Crippen LogP contribution in [-0.4, -0.2) is 36.2 Å². The number of amides is 1. The molecule has 0 aromatic rings. The molecule has 0 spiro atoms. The van der Waals surface area contributed by atoms with Crippen molar-refractivity contribution in [3.05, 3.63) is 0 Å². The van der Waals surface area contributed by atoms with Crippen LogP contribution in [0.1, 0.15) is 13.8 Å². The number of Topliss-reactive ketones (excluding diaryl/α,β-unsaturated/α-hetero) is 1. The van der Waals surface area contributed by atoms with Crippen molar-refractivity contribution in [3.8, 4) is 0 Å². The van der Waals surface area contributed by atoms with Crippen LogP contribution in [0.15, 0.2) is 0 Å². The second kappa shape index (κ2) is 4.71. The molecule has 2 atom stereocenters. The molecule has 5 heteroatoms. The van der Waals surface area contributed by atoms with Gasteiger partial charge in [-0.1, -0.05) is 0 Å². The molecule has 0 bridgehead atoms. The van der Waals surface area contributed by atoms with Gasteiger partial charge in [0, 0.05) is 0 Å². The molecule has 0 fully saturated rings. The fourth-order valence-electron chi connectivity index (χ4n) is 0.748. The molecule has 2 N–H and O–H groups in total. The molecule has 0 radical (unpaired) electrons. The predicted octanol–water partition coefficient (Wildman–Crippen LogP) is -0.319. The van der Waals surface area contributed by atoms with Crippen molar-refractivity contribution in [3.63, 3.8) is 0 Å². The number of aliphatic hydroxyl groups is 1. The third-order valence-electron chi connectivity index (χ3n) is 1.38. The molecule has 0 aliphatic carbocycles. The molecule has 12 heavy (non-hydrogen) atoms. The normalized spacial score (nSPS) is 14.7. The molecule has 70 valence electrons. The lowest BCUT2D eigenvalue weighted by atomic mass is 10.1. The molecule has 0 saturated carbocycles. The summed E-state index contributed by atoms with van der Waals surface area (Å²) in [4.78, 5) is 21.4. The Bertz CT molecular complexity index is 178. The van der Waals surface area contributed by atoms with Crippen LogP contribution in [0.4, 0.5) is 4.79 Å². The van der Waals surface area contributed by atoms with Crippen molar-refractivity contribution in [2.45, 2.75) is 26.0 Å². The van der Waals surface area contributed by atoms with Crippen LogP contribution in [0.25, 0.3) is 0 Å². The highest BCUT2D eigenvalue weighted by Crippen LogP contribution is 1.94. The molecule has 5 nitrogen and oxygen atoms in total. The Morgan fingerprint density at radius 3 is 2.25 bits per heavy atom. The summed E-state index contributed by atoms with van der Waals surface area (Å²) in [6, 6.07) is -0.891. The van der Waals surface area contributed by atoms with Crippen LogP contribution in [0, 0.1) is 0 Å². The lowest BCUT2D eigenvalue weighted by molar-refractivity contribution is -0.121. The van der Waals surface area contributed by atoms with Crippen molar-refractivity contribution in [1.29, 1.82) is 0 Å². The van der Waals surface area contributed by atoms with E-state index in [9.17, 15) is 9.59 Å². The Morgan fingerprint density at radius 2 is 2.00 bits per heavy atom. The Hall–Kier alpha value is -1.10. The van der Waals surface area contributed by atoms with Crippen molar-refractivity contribution >= 4 is 11.9 Å². The van der Waals surface area contributed by atoms with Gasteiger partial charge in [0.25, 0.3) is 0 Å². The number of alkyl carbamates (subject to hydrolysis) is 1. The zero-order valence-corrected chi connectivity index (χ0v) is 7.33. The quantitative estimate of drug-likeness (QED) is 0.616. The summed E-state index contributed by atoms with van der Waals surface area (Å²) in [6.45, 7) is 2.70. The molecule has 1 amide bonds. The number of ether oxygens (including phenoxy) is 1. The van der Waals surface area contributed by atoms with Gasteiger partial charge >= 0.3 is 6.09 Å². The standard InChI is InChI=1S/C7H13NO4/c1-4(9)6(5(2)10)8-7(11)12-3/h4,6,9H,1-3H3,(H,8,11)/t4?,6-/m0/s1. The van der Waals surface area contributed by atoms with E-state index in [-0.39, 0.29) is 5.78 Å². The molecule has 0 aromatic heterocycles. The molecular formula is C7H13NO4. The van der Waals surface area contributed by atoms with Crippen molar-refractivity contribution in [2.24, 2.45) is 0 Å². The van der Waals surface area contributed by atoms with Gasteiger partial charge in [0.15, 0.2) is 5.78 Å². The first-order valence-electron chi connectivity index (χ1n) is 3.52. The van der Waals surface area contributed by atoms with E-state index in [4.69, 9.17) is 5.11 Å². The lowest BCUT2D eigenvalue weighted by Gasteiger charge is -2.17. The molecule has 0 heterocycles. The first-order chi connectivity index (χ1) is 5.49. The minimum Gasteiger partial charge on any atom is -0.453 e. The fourth-order valence-corrected chi connectivity index (χ4v) is 0.748. The first-order valence-corrected chi connectivity index (χ1v) is 3.52. The molecule has 0 aliphatic rings. The summed E-state index contributed by atoms with van der Waals surface area (Å²) in [5.41, 5.74) is 0. The summed E-state index contributed by atoms with van der Waals surface area (Å²) >= 11 is 0. The molecule has 0 aromatic carbocycles. The highest BCUT2D eigenvalue weighted by atomic mass is 16.5. The minimum absolute atomic E-state index is 0.310. The molecule has 0 rings (SSSR count). The number of hydrogen-bond donors (Lipinski definition) is 2. The van der Waals surface area contributed by atoms with E-state index in [2.05, 4.69) is 10.1 Å². The lowest BCUT2D eigenvalue weighted by Crippen LogP contribution is -2.46. The van der Waals surface area contributed by atoms with Gasteiger partial charge in [-0.05, 0) is 13.8 Å². The van der Waals surface area contributed by atoms with Crippen molar-refractivity contribution in [2.75, 3.05) is 7.11 Å². The second-order valence-corrected chi connectivity index (χ2v) is 2.46. The van der Waals surface area contributed by atoms with Gasteiger partial charge in [-0.2, -0.15) is 0 Å². The van der Waals surface area contributed by atoms with E-state index in [0.717, 1.165) is 0 Å². The largest absolute Gasteiger partial charge is 0.453 e. The highest BCUT2D eigenvalue weighted by molar-refractivity contribution is 5.85. The Balaban J connectivity index is 4.14. The van der Waals surface area contributed by atoms with Crippen LogP contribution in [0.3, 0.4) is 0 Å². The van der Waals surface area contributed by atoms with Crippen LogP contribution < -0.4 is 5.32 Å². The van der Waals surface area contributed by atoms with Gasteiger partial charge in [-0.3, -0.25) is 4.79 Å². The van der Waals surface area contributed by atoms with Crippen molar-refractivity contribution in [1.82, 2.24) is 5.32 Å². The molecule has 0 saturated heterocycles. The SMILES string of the molecule is COC(=O)N[C@H](C(C)=O)C(C)O. The van der Waals surface area contributed by atoms with Gasteiger partial charge in [0.2, 0.25) is 0 Å². The number of aliphatic hydroxyl groups excluding tert-OH is 1. The maximum absolute atomic E-state index is 10.8. The van der Waals surface area contributed by atoms with Gasteiger partial charge in [-0.15, -0.1) is 0 Å². The number of carbonyl (C=O) groups is 2. The number of nitrogens with one attached hydrogen (secondary N) is 1. The number of ketones is 1. The third kappa shape index (κ3) is 3.34. The Labute approximate surface area is 70.7 Å². The summed E-state index contributed by atoms with van der Waals surface area (Å²) in [7, 11) is 1.19. The van der Waals surface area contributed by atoms with Gasteiger partial charge in [0.05, 0.1) is 13.2 Å². The topological polar surface area (TPSA) is 75.6 Å². The average molecular weight is 175 g/mol. The Morgan fingerprint density at radius 1 is 1.50 bits per heavy atom. The third-order valence-corrected chi connectivity index (χ3v) is 1.38. The van der Waals surface area contributed by atoms with Crippen LogP contribution in [0.5, 0.6) is 0 Å². The zero-order valence-electron chi connectivity index (χ0n) is 7.33. The van der Waals surface area contributed by atoms with Crippen molar-refractivity contribution < 1.29 is 19.4 Å². The number of hydrogen-bond acceptors (Lipinski definition) is 4. The number of carbonyl (C=O) groups excluding carboxylic acids is 2. The monoisotopic (exact) mass is 175 g/mol. The molecule has 0 aliphatic heterocycles. The molecule has 1 unspecified atom stereocenters. The Kier molecular flexibility index (Phi) is 4.28. The predicted molar refractivity (Wildman–Crippen MR) is 41.7 cm³/mol. The summed E-state index contributed by atoms with van der Waals surface area (Å²) in [5.74, 6) is -0.310. The zero-order chi connectivity index (χ0) is 9.72. The van der Waals surface area contributed by atoms with E-state index >= 15 is 0 Å².